The molecule has 62 valence electrons. The van der Waals surface area contributed by atoms with E-state index in [0.29, 0.717) is 17.0 Å². The van der Waals surface area contributed by atoms with Crippen molar-refractivity contribution in [2.75, 3.05) is 0 Å². The lowest BCUT2D eigenvalue weighted by Gasteiger charge is -1.92. The molecular formula is C9H5N3O. The second-order valence-electron chi connectivity index (χ2n) is 2.42. The van der Waals surface area contributed by atoms with Gasteiger partial charge in [-0.15, -0.1) is 0 Å². The lowest BCUT2D eigenvalue weighted by atomic mass is 10.2. The SMILES string of the molecule is N#Cc1ccc(-c2cocn2)nc1. The first-order chi connectivity index (χ1) is 6.40. The molecule has 2 heterocycles. The maximum absolute atomic E-state index is 8.53. The number of hydrogen-bond acceptors (Lipinski definition) is 4. The summed E-state index contributed by atoms with van der Waals surface area (Å²) in [6.07, 6.45) is 4.35. The second-order valence-corrected chi connectivity index (χ2v) is 2.42. The van der Waals surface area contributed by atoms with Crippen molar-refractivity contribution in [2.24, 2.45) is 0 Å². The molecule has 0 aliphatic rings. The Morgan fingerprint density at radius 1 is 1.23 bits per heavy atom. The summed E-state index contributed by atoms with van der Waals surface area (Å²) in [5, 5.41) is 8.53. The van der Waals surface area contributed by atoms with Gasteiger partial charge in [0.2, 0.25) is 0 Å². The smallest absolute Gasteiger partial charge is 0.181 e. The molecule has 0 amide bonds. The summed E-state index contributed by atoms with van der Waals surface area (Å²) < 4.78 is 4.81. The fourth-order valence-corrected chi connectivity index (χ4v) is 0.951. The number of pyridine rings is 1. The van der Waals surface area contributed by atoms with Crippen LogP contribution < -0.4 is 0 Å². The van der Waals surface area contributed by atoms with Gasteiger partial charge in [0.15, 0.2) is 6.39 Å². The van der Waals surface area contributed by atoms with Crippen LogP contribution in [-0.4, -0.2) is 9.97 Å². The maximum atomic E-state index is 8.53. The first kappa shape index (κ1) is 7.50. The third-order valence-electron chi connectivity index (χ3n) is 1.59. The first-order valence-electron chi connectivity index (χ1n) is 3.65. The molecule has 0 unspecified atom stereocenters. The molecule has 2 aromatic heterocycles. The third-order valence-corrected chi connectivity index (χ3v) is 1.59. The van der Waals surface area contributed by atoms with Gasteiger partial charge in [-0.1, -0.05) is 0 Å². The van der Waals surface area contributed by atoms with E-state index in [0.717, 1.165) is 0 Å². The minimum Gasteiger partial charge on any atom is -0.451 e. The van der Waals surface area contributed by atoms with Gasteiger partial charge in [0.05, 0.1) is 11.3 Å². The van der Waals surface area contributed by atoms with Crippen molar-refractivity contribution < 1.29 is 4.42 Å². The fraction of sp³-hybridized carbons (Fsp3) is 0. The topological polar surface area (TPSA) is 62.7 Å². The molecule has 0 aromatic carbocycles. The Morgan fingerprint density at radius 2 is 2.15 bits per heavy atom. The summed E-state index contributed by atoms with van der Waals surface area (Å²) in [5.74, 6) is 0. The number of nitrogens with zero attached hydrogens (tertiary/aromatic N) is 3. The van der Waals surface area contributed by atoms with Crippen LogP contribution in [0.5, 0.6) is 0 Å². The summed E-state index contributed by atoms with van der Waals surface area (Å²) in [6, 6.07) is 5.42. The highest BCUT2D eigenvalue weighted by Gasteiger charge is 2.01. The predicted octanol–water partition coefficient (Wildman–Crippen LogP) is 1.61. The van der Waals surface area contributed by atoms with Crippen molar-refractivity contribution in [2.45, 2.75) is 0 Å². The lowest BCUT2D eigenvalue weighted by Crippen LogP contribution is -1.83. The van der Waals surface area contributed by atoms with Gasteiger partial charge >= 0.3 is 0 Å². The molecule has 0 N–H and O–H groups in total. The molecule has 4 heteroatoms. The Kier molecular flexibility index (Phi) is 1.77. The van der Waals surface area contributed by atoms with Crippen LogP contribution in [0.1, 0.15) is 5.56 Å². The molecule has 0 atom stereocenters. The van der Waals surface area contributed by atoms with Gasteiger partial charge in [0, 0.05) is 6.20 Å². The van der Waals surface area contributed by atoms with Crippen molar-refractivity contribution in [1.82, 2.24) is 9.97 Å². The Hall–Kier alpha value is -2.15. The Labute approximate surface area is 74.5 Å². The fourth-order valence-electron chi connectivity index (χ4n) is 0.951. The van der Waals surface area contributed by atoms with Gasteiger partial charge < -0.3 is 4.42 Å². The van der Waals surface area contributed by atoms with Crippen LogP contribution in [0, 0.1) is 11.3 Å². The Bertz CT molecular complexity index is 425. The van der Waals surface area contributed by atoms with Crippen LogP contribution in [0.2, 0.25) is 0 Å². The number of aromatic nitrogens is 2. The molecule has 0 bridgehead atoms. The monoisotopic (exact) mass is 171 g/mol. The largest absolute Gasteiger partial charge is 0.451 e. The van der Waals surface area contributed by atoms with Gasteiger partial charge in [0.25, 0.3) is 0 Å². The third kappa shape index (κ3) is 1.40. The lowest BCUT2D eigenvalue weighted by molar-refractivity contribution is 0.558. The minimum atomic E-state index is 0.534. The summed E-state index contributed by atoms with van der Waals surface area (Å²) in [6.45, 7) is 0. The van der Waals surface area contributed by atoms with Crippen LogP contribution in [-0.2, 0) is 0 Å². The molecule has 13 heavy (non-hydrogen) atoms. The van der Waals surface area contributed by atoms with E-state index < -0.39 is 0 Å². The van der Waals surface area contributed by atoms with Crippen molar-refractivity contribution in [3.63, 3.8) is 0 Å². The molecular weight excluding hydrogens is 166 g/mol. The highest BCUT2D eigenvalue weighted by molar-refractivity contribution is 5.52. The molecule has 0 spiro atoms. The van der Waals surface area contributed by atoms with Crippen molar-refractivity contribution in [1.29, 1.82) is 5.26 Å². The Balaban J connectivity index is 2.40. The van der Waals surface area contributed by atoms with E-state index in [1.807, 2.05) is 6.07 Å². The molecule has 2 aromatic rings. The summed E-state index contributed by atoms with van der Waals surface area (Å²) in [4.78, 5) is 7.98. The zero-order valence-electron chi connectivity index (χ0n) is 6.64. The van der Waals surface area contributed by atoms with Crippen LogP contribution in [0.4, 0.5) is 0 Å². The normalized spacial score (nSPS) is 9.46. The molecule has 4 nitrogen and oxygen atoms in total. The summed E-state index contributed by atoms with van der Waals surface area (Å²) in [7, 11) is 0. The van der Waals surface area contributed by atoms with E-state index >= 15 is 0 Å². The number of oxazole rings is 1. The predicted molar refractivity (Wildman–Crippen MR) is 44.4 cm³/mol. The molecule has 0 saturated carbocycles. The average molecular weight is 171 g/mol. The number of hydrogen-bond donors (Lipinski definition) is 0. The van der Waals surface area contributed by atoms with E-state index in [9.17, 15) is 0 Å². The van der Waals surface area contributed by atoms with E-state index in [4.69, 9.17) is 9.68 Å². The van der Waals surface area contributed by atoms with Crippen LogP contribution >= 0.6 is 0 Å². The van der Waals surface area contributed by atoms with E-state index in [-0.39, 0.29) is 0 Å². The average Bonchev–Trinajstić information content (AvgIpc) is 2.71. The molecule has 0 aliphatic carbocycles. The molecule has 0 radical (unpaired) electrons. The van der Waals surface area contributed by atoms with Gasteiger partial charge in [-0.3, -0.25) is 4.98 Å². The van der Waals surface area contributed by atoms with Crippen molar-refractivity contribution in [3.05, 3.63) is 36.5 Å². The van der Waals surface area contributed by atoms with Gasteiger partial charge in [0.1, 0.15) is 18.0 Å². The van der Waals surface area contributed by atoms with Crippen molar-refractivity contribution in [3.8, 4) is 17.5 Å². The van der Waals surface area contributed by atoms with E-state index in [1.165, 1.54) is 18.9 Å². The van der Waals surface area contributed by atoms with Crippen LogP contribution in [0.25, 0.3) is 11.4 Å². The van der Waals surface area contributed by atoms with Gasteiger partial charge in [-0.05, 0) is 12.1 Å². The second kappa shape index (κ2) is 3.07. The first-order valence-corrected chi connectivity index (χ1v) is 3.65. The van der Waals surface area contributed by atoms with Gasteiger partial charge in [-0.2, -0.15) is 5.26 Å². The van der Waals surface area contributed by atoms with Crippen LogP contribution in [0.3, 0.4) is 0 Å². The highest BCUT2D eigenvalue weighted by Crippen LogP contribution is 2.13. The highest BCUT2D eigenvalue weighted by atomic mass is 16.3. The van der Waals surface area contributed by atoms with Crippen molar-refractivity contribution >= 4 is 0 Å². The van der Waals surface area contributed by atoms with E-state index in [1.54, 1.807) is 12.1 Å². The van der Waals surface area contributed by atoms with Gasteiger partial charge in [-0.25, -0.2) is 4.98 Å². The quantitative estimate of drug-likeness (QED) is 0.653. The summed E-state index contributed by atoms with van der Waals surface area (Å²) >= 11 is 0. The number of nitriles is 1. The molecule has 0 fully saturated rings. The summed E-state index contributed by atoms with van der Waals surface area (Å²) in [5.41, 5.74) is 1.91. The van der Waals surface area contributed by atoms with E-state index in [2.05, 4.69) is 9.97 Å². The van der Waals surface area contributed by atoms with Crippen LogP contribution in [0.15, 0.2) is 35.4 Å². The standard InChI is InChI=1S/C9H5N3O/c10-3-7-1-2-8(11-4-7)9-5-13-6-12-9/h1-2,4-6H. The zero-order chi connectivity index (χ0) is 9.10. The molecule has 2 rings (SSSR count). The molecule has 0 aliphatic heterocycles. The zero-order valence-corrected chi connectivity index (χ0v) is 6.64. The number of rotatable bonds is 1. The minimum absolute atomic E-state index is 0.534. The maximum Gasteiger partial charge on any atom is 0.181 e. The molecule has 0 saturated heterocycles. The Morgan fingerprint density at radius 3 is 2.69 bits per heavy atom.